The molecule has 1 heterocycles. The van der Waals surface area contributed by atoms with Gasteiger partial charge >= 0.3 is 0 Å². The second-order valence-electron chi connectivity index (χ2n) is 4.64. The van der Waals surface area contributed by atoms with Gasteiger partial charge in [-0.1, -0.05) is 6.07 Å². The number of hydrogen-bond donors (Lipinski definition) is 1. The molecule has 4 nitrogen and oxygen atoms in total. The van der Waals surface area contributed by atoms with Gasteiger partial charge in [-0.25, -0.2) is 22.2 Å². The van der Waals surface area contributed by atoms with Crippen molar-refractivity contribution in [2.75, 3.05) is 6.26 Å². The zero-order chi connectivity index (χ0) is 15.2. The Balaban J connectivity index is 2.20. The van der Waals surface area contributed by atoms with Gasteiger partial charge in [0.25, 0.3) is 0 Å². The normalized spacial score (nSPS) is 12.0. The van der Waals surface area contributed by atoms with Crippen molar-refractivity contribution in [2.24, 2.45) is 0 Å². The largest absolute Gasteiger partial charge is 0.338 e. The first-order valence-electron chi connectivity index (χ1n) is 6.00. The third kappa shape index (κ3) is 2.40. The molecule has 0 aliphatic rings. The lowest BCUT2D eigenvalue weighted by Gasteiger charge is -1.99. The van der Waals surface area contributed by atoms with Crippen LogP contribution in [0.2, 0.25) is 0 Å². The third-order valence-electron chi connectivity index (χ3n) is 3.09. The summed E-state index contributed by atoms with van der Waals surface area (Å²) >= 11 is 0. The Bertz CT molecular complexity index is 949. The molecule has 0 aliphatic carbocycles. The van der Waals surface area contributed by atoms with Crippen molar-refractivity contribution in [1.29, 1.82) is 0 Å². The quantitative estimate of drug-likeness (QED) is 0.792. The van der Waals surface area contributed by atoms with E-state index < -0.39 is 21.5 Å². The van der Waals surface area contributed by atoms with Gasteiger partial charge in [-0.05, 0) is 30.3 Å². The lowest BCUT2D eigenvalue weighted by atomic mass is 10.2. The van der Waals surface area contributed by atoms with Crippen LogP contribution in [-0.2, 0) is 9.84 Å². The molecule has 3 aromatic rings. The molecule has 0 amide bonds. The molecule has 0 unspecified atom stereocenters. The average molecular weight is 308 g/mol. The number of nitrogens with zero attached hydrogens (tertiary/aromatic N) is 1. The molecule has 7 heteroatoms. The summed E-state index contributed by atoms with van der Waals surface area (Å²) in [6.07, 6.45) is 1.09. The summed E-state index contributed by atoms with van der Waals surface area (Å²) < 4.78 is 50.0. The molecule has 1 aromatic heterocycles. The summed E-state index contributed by atoms with van der Waals surface area (Å²) in [5.74, 6) is -1.82. The van der Waals surface area contributed by atoms with Crippen LogP contribution >= 0.6 is 0 Å². The van der Waals surface area contributed by atoms with Gasteiger partial charge in [-0.2, -0.15) is 0 Å². The summed E-state index contributed by atoms with van der Waals surface area (Å²) in [5, 5.41) is 0. The average Bonchev–Trinajstić information content (AvgIpc) is 2.83. The number of H-pyrrole nitrogens is 1. The molecule has 0 spiro atoms. The van der Waals surface area contributed by atoms with Crippen molar-refractivity contribution in [3.05, 3.63) is 48.0 Å². The molecule has 0 radical (unpaired) electrons. The van der Waals surface area contributed by atoms with E-state index in [1.807, 2.05) is 0 Å². The molecule has 0 aliphatic heterocycles. The van der Waals surface area contributed by atoms with Crippen LogP contribution in [0.5, 0.6) is 0 Å². The summed E-state index contributed by atoms with van der Waals surface area (Å²) in [6, 6.07) is 8.14. The first kappa shape index (κ1) is 13.7. The number of nitrogens with one attached hydrogen (secondary N) is 1. The predicted molar refractivity (Wildman–Crippen MR) is 74.6 cm³/mol. The van der Waals surface area contributed by atoms with Crippen molar-refractivity contribution in [3.63, 3.8) is 0 Å². The molecule has 0 fully saturated rings. The van der Waals surface area contributed by atoms with Gasteiger partial charge in [0.2, 0.25) is 0 Å². The lowest BCUT2D eigenvalue weighted by molar-refractivity contribution is 0.510. The van der Waals surface area contributed by atoms with Crippen molar-refractivity contribution < 1.29 is 17.2 Å². The highest BCUT2D eigenvalue weighted by Crippen LogP contribution is 2.25. The summed E-state index contributed by atoms with van der Waals surface area (Å²) in [7, 11) is -3.35. The Labute approximate surface area is 119 Å². The van der Waals surface area contributed by atoms with E-state index in [0.29, 0.717) is 11.0 Å². The highest BCUT2D eigenvalue weighted by molar-refractivity contribution is 7.90. The van der Waals surface area contributed by atoms with Crippen LogP contribution < -0.4 is 0 Å². The lowest BCUT2D eigenvalue weighted by Crippen LogP contribution is -1.96. The van der Waals surface area contributed by atoms with Gasteiger partial charge in [-0.3, -0.25) is 0 Å². The molecule has 0 saturated heterocycles. The van der Waals surface area contributed by atoms with E-state index in [-0.39, 0.29) is 16.3 Å². The molecular formula is C14H10F2N2O2S. The number of sulfone groups is 1. The summed E-state index contributed by atoms with van der Waals surface area (Å²) in [5.41, 5.74) is 0.907. The number of hydrogen-bond acceptors (Lipinski definition) is 3. The Morgan fingerprint density at radius 3 is 2.62 bits per heavy atom. The first-order valence-corrected chi connectivity index (χ1v) is 7.89. The molecule has 0 atom stereocenters. The smallest absolute Gasteiger partial charge is 0.175 e. The SMILES string of the molecule is CS(=O)(=O)c1ccc2nc(-c3cccc(F)c3F)[nH]c2c1. The number of imidazole rings is 1. The number of aromatic amines is 1. The van der Waals surface area contributed by atoms with Crippen LogP contribution in [0, 0.1) is 11.6 Å². The molecule has 108 valence electrons. The molecule has 2 aromatic carbocycles. The van der Waals surface area contributed by atoms with E-state index in [0.717, 1.165) is 12.3 Å². The first-order chi connectivity index (χ1) is 9.86. The van der Waals surface area contributed by atoms with Crippen LogP contribution in [0.15, 0.2) is 41.3 Å². The summed E-state index contributed by atoms with van der Waals surface area (Å²) in [6.45, 7) is 0. The maximum absolute atomic E-state index is 13.8. The number of benzene rings is 2. The molecule has 0 saturated carbocycles. The Hall–Kier alpha value is -2.28. The molecule has 1 N–H and O–H groups in total. The predicted octanol–water partition coefficient (Wildman–Crippen LogP) is 2.91. The van der Waals surface area contributed by atoms with Crippen molar-refractivity contribution >= 4 is 20.9 Å². The highest BCUT2D eigenvalue weighted by atomic mass is 32.2. The Kier molecular flexibility index (Phi) is 3.02. The van der Waals surface area contributed by atoms with Crippen LogP contribution in [0.4, 0.5) is 8.78 Å². The fourth-order valence-electron chi connectivity index (χ4n) is 2.03. The fourth-order valence-corrected chi connectivity index (χ4v) is 2.68. The van der Waals surface area contributed by atoms with Crippen LogP contribution in [-0.4, -0.2) is 24.6 Å². The molecule has 3 rings (SSSR count). The van der Waals surface area contributed by atoms with Crippen molar-refractivity contribution in [2.45, 2.75) is 4.90 Å². The van der Waals surface area contributed by atoms with Crippen molar-refractivity contribution in [1.82, 2.24) is 9.97 Å². The van der Waals surface area contributed by atoms with Gasteiger partial charge < -0.3 is 4.98 Å². The maximum Gasteiger partial charge on any atom is 0.175 e. The number of fused-ring (bicyclic) bond motifs is 1. The van der Waals surface area contributed by atoms with Gasteiger partial charge in [0, 0.05) is 6.26 Å². The zero-order valence-electron chi connectivity index (χ0n) is 10.9. The van der Waals surface area contributed by atoms with Gasteiger partial charge in [-0.15, -0.1) is 0 Å². The minimum absolute atomic E-state index is 0.00731. The topological polar surface area (TPSA) is 62.8 Å². The highest BCUT2D eigenvalue weighted by Gasteiger charge is 2.15. The van der Waals surface area contributed by atoms with Gasteiger partial charge in [0.1, 0.15) is 5.82 Å². The van der Waals surface area contributed by atoms with E-state index in [4.69, 9.17) is 0 Å². The second-order valence-corrected chi connectivity index (χ2v) is 6.65. The van der Waals surface area contributed by atoms with Crippen LogP contribution in [0.1, 0.15) is 0 Å². The fraction of sp³-hybridized carbons (Fsp3) is 0.0714. The number of aromatic nitrogens is 2. The molecule has 21 heavy (non-hydrogen) atoms. The summed E-state index contributed by atoms with van der Waals surface area (Å²) in [4.78, 5) is 7.09. The third-order valence-corrected chi connectivity index (χ3v) is 4.20. The Morgan fingerprint density at radius 2 is 1.90 bits per heavy atom. The van der Waals surface area contributed by atoms with Crippen LogP contribution in [0.25, 0.3) is 22.4 Å². The van der Waals surface area contributed by atoms with E-state index >= 15 is 0 Å². The molecular weight excluding hydrogens is 298 g/mol. The van der Waals surface area contributed by atoms with Crippen molar-refractivity contribution in [3.8, 4) is 11.4 Å². The van der Waals surface area contributed by atoms with Gasteiger partial charge in [0.15, 0.2) is 21.5 Å². The standard InChI is InChI=1S/C14H10F2N2O2S/c1-21(19,20)8-5-6-11-12(7-8)18-14(17-11)9-3-2-4-10(15)13(9)16/h2-7H,1H3,(H,17,18). The van der Waals surface area contributed by atoms with E-state index in [1.54, 1.807) is 0 Å². The monoisotopic (exact) mass is 308 g/mol. The minimum Gasteiger partial charge on any atom is -0.338 e. The van der Waals surface area contributed by atoms with Gasteiger partial charge in [0.05, 0.1) is 21.5 Å². The number of rotatable bonds is 2. The van der Waals surface area contributed by atoms with E-state index in [9.17, 15) is 17.2 Å². The number of halogens is 2. The van der Waals surface area contributed by atoms with E-state index in [1.165, 1.54) is 30.3 Å². The Morgan fingerprint density at radius 1 is 1.14 bits per heavy atom. The molecule has 0 bridgehead atoms. The van der Waals surface area contributed by atoms with E-state index in [2.05, 4.69) is 9.97 Å². The minimum atomic E-state index is -3.35. The van der Waals surface area contributed by atoms with Crippen LogP contribution in [0.3, 0.4) is 0 Å². The maximum atomic E-state index is 13.8. The second kappa shape index (κ2) is 4.63. The zero-order valence-corrected chi connectivity index (χ0v) is 11.7.